The number of hydrogen-bond donors (Lipinski definition) is 1. The number of aryl methyl sites for hydroxylation is 1. The molecule has 1 aliphatic carbocycles. The Labute approximate surface area is 94.7 Å². The van der Waals surface area contributed by atoms with Gasteiger partial charge in [-0.15, -0.1) is 0 Å². The van der Waals surface area contributed by atoms with Crippen LogP contribution < -0.4 is 10.2 Å². The summed E-state index contributed by atoms with van der Waals surface area (Å²) in [5.41, 5.74) is 1.93. The van der Waals surface area contributed by atoms with E-state index in [1.54, 1.807) is 0 Å². The summed E-state index contributed by atoms with van der Waals surface area (Å²) in [7, 11) is 0. The van der Waals surface area contributed by atoms with E-state index in [2.05, 4.69) is 15.2 Å². The predicted octanol–water partition coefficient (Wildman–Crippen LogP) is 1.56. The Hall–Kier alpha value is -1.58. The molecule has 0 spiro atoms. The summed E-state index contributed by atoms with van der Waals surface area (Å²) in [6.07, 6.45) is 4.44. The molecule has 0 aromatic carbocycles. The van der Waals surface area contributed by atoms with Crippen LogP contribution in [0, 0.1) is 12.8 Å². The number of hydrogen-bond acceptors (Lipinski definition) is 3. The molecule has 0 bridgehead atoms. The van der Waals surface area contributed by atoms with Crippen LogP contribution >= 0.6 is 0 Å². The Kier molecular flexibility index (Phi) is 2.09. The van der Waals surface area contributed by atoms with Crippen LogP contribution in [0.25, 0.3) is 0 Å². The van der Waals surface area contributed by atoms with Crippen molar-refractivity contribution in [1.82, 2.24) is 4.98 Å². The van der Waals surface area contributed by atoms with E-state index in [1.165, 1.54) is 12.8 Å². The Morgan fingerprint density at radius 3 is 3.12 bits per heavy atom. The molecule has 1 aliphatic heterocycles. The Morgan fingerprint density at radius 1 is 1.56 bits per heavy atom. The fourth-order valence-electron chi connectivity index (χ4n) is 2.11. The summed E-state index contributed by atoms with van der Waals surface area (Å²) in [4.78, 5) is 18.1. The SMILES string of the molecule is Cc1cnc2c(c1)NC(=O)CN2CC1CC1. The molecule has 0 atom stereocenters. The van der Waals surface area contributed by atoms with Crippen molar-refractivity contribution in [2.24, 2.45) is 5.92 Å². The van der Waals surface area contributed by atoms with Crippen LogP contribution in [0.3, 0.4) is 0 Å². The normalized spacial score (nSPS) is 19.3. The number of nitrogens with zero attached hydrogens (tertiary/aromatic N) is 2. The molecule has 1 fully saturated rings. The Bertz CT molecular complexity index is 440. The molecule has 1 aromatic heterocycles. The molecule has 1 aromatic rings. The highest BCUT2D eigenvalue weighted by Crippen LogP contribution is 2.34. The van der Waals surface area contributed by atoms with Gasteiger partial charge >= 0.3 is 0 Å². The van der Waals surface area contributed by atoms with Crippen molar-refractivity contribution in [3.8, 4) is 0 Å². The zero-order valence-electron chi connectivity index (χ0n) is 9.36. The lowest BCUT2D eigenvalue weighted by Gasteiger charge is -2.29. The van der Waals surface area contributed by atoms with E-state index in [9.17, 15) is 4.79 Å². The first-order valence-electron chi connectivity index (χ1n) is 5.74. The van der Waals surface area contributed by atoms with Gasteiger partial charge in [0.15, 0.2) is 5.82 Å². The number of anilines is 2. The minimum atomic E-state index is 0.0700. The smallest absolute Gasteiger partial charge is 0.244 e. The van der Waals surface area contributed by atoms with Gasteiger partial charge in [0.05, 0.1) is 12.2 Å². The van der Waals surface area contributed by atoms with Crippen molar-refractivity contribution in [2.75, 3.05) is 23.3 Å². The highest BCUT2D eigenvalue weighted by Gasteiger charge is 2.29. The molecular weight excluding hydrogens is 202 g/mol. The molecule has 16 heavy (non-hydrogen) atoms. The van der Waals surface area contributed by atoms with Crippen LogP contribution in [0.1, 0.15) is 18.4 Å². The van der Waals surface area contributed by atoms with Crippen molar-refractivity contribution in [3.63, 3.8) is 0 Å². The van der Waals surface area contributed by atoms with Crippen LogP contribution in [0.4, 0.5) is 11.5 Å². The average Bonchev–Trinajstić information content (AvgIpc) is 3.00. The van der Waals surface area contributed by atoms with Crippen molar-refractivity contribution in [1.29, 1.82) is 0 Å². The third-order valence-electron chi connectivity index (χ3n) is 3.09. The summed E-state index contributed by atoms with van der Waals surface area (Å²) in [6.45, 7) is 3.40. The maximum Gasteiger partial charge on any atom is 0.244 e. The third kappa shape index (κ3) is 1.75. The van der Waals surface area contributed by atoms with Gasteiger partial charge in [0.25, 0.3) is 0 Å². The number of fused-ring (bicyclic) bond motifs is 1. The number of amides is 1. The van der Waals surface area contributed by atoms with Crippen molar-refractivity contribution in [2.45, 2.75) is 19.8 Å². The maximum atomic E-state index is 11.6. The number of pyridine rings is 1. The van der Waals surface area contributed by atoms with E-state index >= 15 is 0 Å². The second kappa shape index (κ2) is 3.47. The molecule has 0 radical (unpaired) electrons. The first kappa shape index (κ1) is 9.63. The van der Waals surface area contributed by atoms with Crippen LogP contribution in [-0.2, 0) is 4.79 Å². The van der Waals surface area contributed by atoms with Gasteiger partial charge in [-0.05, 0) is 37.3 Å². The number of aromatic nitrogens is 1. The molecule has 1 saturated carbocycles. The molecule has 1 amide bonds. The van der Waals surface area contributed by atoms with Crippen LogP contribution in [0.5, 0.6) is 0 Å². The van der Waals surface area contributed by atoms with Crippen LogP contribution in [-0.4, -0.2) is 24.0 Å². The minimum Gasteiger partial charge on any atom is -0.345 e. The third-order valence-corrected chi connectivity index (χ3v) is 3.09. The fourth-order valence-corrected chi connectivity index (χ4v) is 2.11. The summed E-state index contributed by atoms with van der Waals surface area (Å²) in [6, 6.07) is 1.99. The Morgan fingerprint density at radius 2 is 2.38 bits per heavy atom. The van der Waals surface area contributed by atoms with Gasteiger partial charge in [0, 0.05) is 12.7 Å². The van der Waals surface area contributed by atoms with Crippen LogP contribution in [0.15, 0.2) is 12.3 Å². The second-order valence-electron chi connectivity index (χ2n) is 4.76. The van der Waals surface area contributed by atoms with Gasteiger partial charge in [-0.3, -0.25) is 4.79 Å². The zero-order valence-corrected chi connectivity index (χ0v) is 9.36. The first-order valence-corrected chi connectivity index (χ1v) is 5.74. The van der Waals surface area contributed by atoms with Crippen molar-refractivity contribution in [3.05, 3.63) is 17.8 Å². The predicted molar refractivity (Wildman–Crippen MR) is 62.5 cm³/mol. The van der Waals surface area contributed by atoms with Crippen molar-refractivity contribution >= 4 is 17.4 Å². The number of rotatable bonds is 2. The van der Waals surface area contributed by atoms with Gasteiger partial charge in [-0.2, -0.15) is 0 Å². The van der Waals surface area contributed by atoms with E-state index in [0.29, 0.717) is 6.54 Å². The van der Waals surface area contributed by atoms with Gasteiger partial charge < -0.3 is 10.2 Å². The summed E-state index contributed by atoms with van der Waals surface area (Å²) >= 11 is 0. The lowest BCUT2D eigenvalue weighted by molar-refractivity contribution is -0.115. The summed E-state index contributed by atoms with van der Waals surface area (Å²) in [5, 5.41) is 2.88. The summed E-state index contributed by atoms with van der Waals surface area (Å²) in [5.74, 6) is 1.76. The monoisotopic (exact) mass is 217 g/mol. The average molecular weight is 217 g/mol. The van der Waals surface area contributed by atoms with E-state index < -0.39 is 0 Å². The first-order chi connectivity index (χ1) is 7.72. The minimum absolute atomic E-state index is 0.0700. The number of carbonyl (C=O) groups is 1. The molecule has 2 aliphatic rings. The molecule has 0 unspecified atom stereocenters. The highest BCUT2D eigenvalue weighted by molar-refractivity contribution is 6.00. The van der Waals surface area contributed by atoms with Gasteiger partial charge in [-0.25, -0.2) is 4.98 Å². The molecule has 3 rings (SSSR count). The zero-order chi connectivity index (χ0) is 11.1. The fraction of sp³-hybridized carbons (Fsp3) is 0.500. The number of nitrogens with one attached hydrogen (secondary N) is 1. The summed E-state index contributed by atoms with van der Waals surface area (Å²) < 4.78 is 0. The lowest BCUT2D eigenvalue weighted by atomic mass is 10.2. The second-order valence-corrected chi connectivity index (χ2v) is 4.76. The molecule has 4 nitrogen and oxygen atoms in total. The topological polar surface area (TPSA) is 45.2 Å². The molecule has 4 heteroatoms. The van der Waals surface area contributed by atoms with Gasteiger partial charge in [0.1, 0.15) is 0 Å². The Balaban J connectivity index is 1.93. The maximum absolute atomic E-state index is 11.6. The quantitative estimate of drug-likeness (QED) is 0.817. The lowest BCUT2D eigenvalue weighted by Crippen LogP contribution is -2.40. The van der Waals surface area contributed by atoms with Gasteiger partial charge in [-0.1, -0.05) is 0 Å². The standard InChI is InChI=1S/C12H15N3O/c1-8-4-10-12(13-5-8)15(6-9-2-3-9)7-11(16)14-10/h4-5,9H,2-3,6-7H2,1H3,(H,14,16). The molecule has 2 heterocycles. The van der Waals surface area contributed by atoms with E-state index in [-0.39, 0.29) is 5.91 Å². The molecule has 84 valence electrons. The number of carbonyl (C=O) groups excluding carboxylic acids is 1. The van der Waals surface area contributed by atoms with Gasteiger partial charge in [0.2, 0.25) is 5.91 Å². The van der Waals surface area contributed by atoms with E-state index in [4.69, 9.17) is 0 Å². The van der Waals surface area contributed by atoms with Crippen molar-refractivity contribution < 1.29 is 4.79 Å². The van der Waals surface area contributed by atoms with E-state index in [1.807, 2.05) is 19.2 Å². The largest absolute Gasteiger partial charge is 0.345 e. The van der Waals surface area contributed by atoms with E-state index in [0.717, 1.165) is 29.5 Å². The highest BCUT2D eigenvalue weighted by atomic mass is 16.2. The molecular formula is C12H15N3O. The molecule has 1 N–H and O–H groups in total. The van der Waals surface area contributed by atoms with Crippen LogP contribution in [0.2, 0.25) is 0 Å². The molecule has 0 saturated heterocycles.